The van der Waals surface area contributed by atoms with Gasteiger partial charge in [0.05, 0.1) is 5.69 Å². The highest BCUT2D eigenvalue weighted by atomic mass is 15.2. The van der Waals surface area contributed by atoms with E-state index >= 15 is 0 Å². The van der Waals surface area contributed by atoms with Crippen molar-refractivity contribution in [1.82, 2.24) is 9.88 Å². The van der Waals surface area contributed by atoms with Crippen molar-refractivity contribution < 1.29 is 0 Å². The zero-order valence-corrected chi connectivity index (χ0v) is 12.3. The van der Waals surface area contributed by atoms with Crippen molar-refractivity contribution in [2.45, 2.75) is 20.8 Å². The van der Waals surface area contributed by atoms with E-state index in [4.69, 9.17) is 5.73 Å². The Bertz CT molecular complexity index is 374. The molecule has 2 N–H and O–H groups in total. The third-order valence-electron chi connectivity index (χ3n) is 2.73. The molecule has 0 aromatic carbocycles. The summed E-state index contributed by atoms with van der Waals surface area (Å²) < 4.78 is 0. The van der Waals surface area contributed by atoms with Crippen molar-refractivity contribution in [3.8, 4) is 0 Å². The van der Waals surface area contributed by atoms with Crippen LogP contribution in [-0.4, -0.2) is 43.6 Å². The first-order valence-corrected chi connectivity index (χ1v) is 6.52. The SMILES string of the molecule is Cc1cnc(N(CCN(C)C)CC(C)C)c(N)c1. The van der Waals surface area contributed by atoms with Gasteiger partial charge in [0.15, 0.2) is 5.82 Å². The molecule has 102 valence electrons. The number of nitrogens with zero attached hydrogens (tertiary/aromatic N) is 3. The Morgan fingerprint density at radius 2 is 1.94 bits per heavy atom. The normalized spacial score (nSPS) is 11.3. The monoisotopic (exact) mass is 250 g/mol. The molecule has 0 aliphatic carbocycles. The van der Waals surface area contributed by atoms with Crippen molar-refractivity contribution >= 4 is 11.5 Å². The number of aryl methyl sites for hydroxylation is 1. The van der Waals surface area contributed by atoms with Gasteiger partial charge < -0.3 is 15.5 Å². The van der Waals surface area contributed by atoms with Crippen molar-refractivity contribution in [1.29, 1.82) is 0 Å². The predicted molar refractivity (Wildman–Crippen MR) is 79.0 cm³/mol. The lowest BCUT2D eigenvalue weighted by molar-refractivity contribution is 0.408. The van der Waals surface area contributed by atoms with Gasteiger partial charge in [-0.2, -0.15) is 0 Å². The number of anilines is 2. The van der Waals surface area contributed by atoms with Crippen LogP contribution in [0.25, 0.3) is 0 Å². The van der Waals surface area contributed by atoms with Crippen LogP contribution in [0.15, 0.2) is 12.3 Å². The quantitative estimate of drug-likeness (QED) is 0.839. The third kappa shape index (κ3) is 4.53. The van der Waals surface area contributed by atoms with Gasteiger partial charge in [-0.1, -0.05) is 13.8 Å². The van der Waals surface area contributed by atoms with Crippen molar-refractivity contribution in [2.24, 2.45) is 5.92 Å². The lowest BCUT2D eigenvalue weighted by Gasteiger charge is -2.28. The van der Waals surface area contributed by atoms with Crippen LogP contribution in [0.2, 0.25) is 0 Å². The van der Waals surface area contributed by atoms with Crippen LogP contribution < -0.4 is 10.6 Å². The molecule has 0 fully saturated rings. The van der Waals surface area contributed by atoms with Crippen LogP contribution in [0.4, 0.5) is 11.5 Å². The maximum absolute atomic E-state index is 6.09. The Hall–Kier alpha value is -1.29. The van der Waals surface area contributed by atoms with Crippen molar-refractivity contribution in [3.63, 3.8) is 0 Å². The smallest absolute Gasteiger partial charge is 0.151 e. The summed E-state index contributed by atoms with van der Waals surface area (Å²) in [6.45, 7) is 9.38. The summed E-state index contributed by atoms with van der Waals surface area (Å²) in [5.74, 6) is 1.51. The minimum absolute atomic E-state index is 0.592. The maximum atomic E-state index is 6.09. The van der Waals surface area contributed by atoms with Crippen LogP contribution in [0.3, 0.4) is 0 Å². The first-order valence-electron chi connectivity index (χ1n) is 6.52. The molecule has 18 heavy (non-hydrogen) atoms. The molecule has 0 saturated heterocycles. The molecule has 0 radical (unpaired) electrons. The van der Waals surface area contributed by atoms with Crippen LogP contribution in [-0.2, 0) is 0 Å². The second-order valence-electron chi connectivity index (χ2n) is 5.57. The highest BCUT2D eigenvalue weighted by Gasteiger charge is 2.13. The second-order valence-corrected chi connectivity index (χ2v) is 5.57. The highest BCUT2D eigenvalue weighted by molar-refractivity contribution is 5.63. The summed E-state index contributed by atoms with van der Waals surface area (Å²) >= 11 is 0. The Labute approximate surface area is 111 Å². The average Bonchev–Trinajstić information content (AvgIpc) is 2.24. The van der Waals surface area contributed by atoms with Gasteiger partial charge in [-0.15, -0.1) is 0 Å². The van der Waals surface area contributed by atoms with E-state index in [1.807, 2.05) is 19.2 Å². The topological polar surface area (TPSA) is 45.4 Å². The standard InChI is InChI=1S/C14H26N4/c1-11(2)10-18(7-6-17(4)5)14-13(15)8-12(3)9-16-14/h8-9,11H,6-7,10,15H2,1-5H3. The number of pyridine rings is 1. The summed E-state index contributed by atoms with van der Waals surface area (Å²) in [5, 5.41) is 0. The maximum Gasteiger partial charge on any atom is 0.151 e. The minimum Gasteiger partial charge on any atom is -0.396 e. The van der Waals surface area contributed by atoms with Gasteiger partial charge in [0, 0.05) is 25.8 Å². The zero-order chi connectivity index (χ0) is 13.7. The lowest BCUT2D eigenvalue weighted by atomic mass is 10.2. The van der Waals surface area contributed by atoms with Gasteiger partial charge in [0.2, 0.25) is 0 Å². The first-order chi connectivity index (χ1) is 8.40. The molecular formula is C14H26N4. The fourth-order valence-electron chi connectivity index (χ4n) is 1.89. The van der Waals surface area contributed by atoms with E-state index in [1.165, 1.54) is 0 Å². The van der Waals surface area contributed by atoms with E-state index < -0.39 is 0 Å². The van der Waals surface area contributed by atoms with E-state index in [0.29, 0.717) is 5.92 Å². The van der Waals surface area contributed by atoms with Crippen LogP contribution in [0.5, 0.6) is 0 Å². The van der Waals surface area contributed by atoms with Gasteiger partial charge in [0.25, 0.3) is 0 Å². The number of hydrogen-bond acceptors (Lipinski definition) is 4. The summed E-state index contributed by atoms with van der Waals surface area (Å²) in [7, 11) is 4.17. The molecular weight excluding hydrogens is 224 g/mol. The number of hydrogen-bond donors (Lipinski definition) is 1. The van der Waals surface area contributed by atoms with Crippen LogP contribution in [0, 0.1) is 12.8 Å². The van der Waals surface area contributed by atoms with Crippen molar-refractivity contribution in [3.05, 3.63) is 17.8 Å². The summed E-state index contributed by atoms with van der Waals surface area (Å²) in [5.41, 5.74) is 7.96. The molecule has 4 nitrogen and oxygen atoms in total. The lowest BCUT2D eigenvalue weighted by Crippen LogP contribution is -2.35. The molecule has 1 aromatic rings. The molecule has 1 heterocycles. The fraction of sp³-hybridized carbons (Fsp3) is 0.643. The summed E-state index contributed by atoms with van der Waals surface area (Å²) in [6.07, 6.45) is 1.88. The van der Waals surface area contributed by atoms with E-state index in [1.54, 1.807) is 0 Å². The Morgan fingerprint density at radius 1 is 1.28 bits per heavy atom. The van der Waals surface area contributed by atoms with E-state index in [0.717, 1.165) is 36.7 Å². The van der Waals surface area contributed by atoms with Gasteiger partial charge in [-0.25, -0.2) is 4.98 Å². The summed E-state index contributed by atoms with van der Waals surface area (Å²) in [6, 6.07) is 1.99. The molecule has 0 unspecified atom stereocenters. The molecule has 1 rings (SSSR count). The van der Waals surface area contributed by atoms with Crippen LogP contribution >= 0.6 is 0 Å². The molecule has 0 saturated carbocycles. The molecule has 0 spiro atoms. The molecule has 0 aliphatic rings. The fourth-order valence-corrected chi connectivity index (χ4v) is 1.89. The Kier molecular flexibility index (Phi) is 5.41. The molecule has 0 aliphatic heterocycles. The van der Waals surface area contributed by atoms with E-state index in [-0.39, 0.29) is 0 Å². The summed E-state index contributed by atoms with van der Waals surface area (Å²) in [4.78, 5) is 8.95. The largest absolute Gasteiger partial charge is 0.396 e. The predicted octanol–water partition coefficient (Wildman–Crippen LogP) is 2.00. The van der Waals surface area contributed by atoms with E-state index in [2.05, 4.69) is 42.7 Å². The molecule has 0 amide bonds. The molecule has 0 bridgehead atoms. The Morgan fingerprint density at radius 3 is 2.44 bits per heavy atom. The number of nitrogens with two attached hydrogens (primary N) is 1. The number of aromatic nitrogens is 1. The Balaban J connectivity index is 2.86. The van der Waals surface area contributed by atoms with Crippen LogP contribution in [0.1, 0.15) is 19.4 Å². The zero-order valence-electron chi connectivity index (χ0n) is 12.3. The number of likely N-dealkylation sites (N-methyl/N-ethyl adjacent to an activating group) is 1. The molecule has 4 heteroatoms. The molecule has 0 atom stereocenters. The minimum atomic E-state index is 0.592. The number of rotatable bonds is 6. The number of nitrogen functional groups attached to an aromatic ring is 1. The highest BCUT2D eigenvalue weighted by Crippen LogP contribution is 2.21. The van der Waals surface area contributed by atoms with Crippen molar-refractivity contribution in [2.75, 3.05) is 44.4 Å². The van der Waals surface area contributed by atoms with Gasteiger partial charge in [-0.3, -0.25) is 0 Å². The molecule has 1 aromatic heterocycles. The first kappa shape index (κ1) is 14.8. The second kappa shape index (κ2) is 6.59. The van der Waals surface area contributed by atoms with Gasteiger partial charge in [0.1, 0.15) is 0 Å². The average molecular weight is 250 g/mol. The van der Waals surface area contributed by atoms with Gasteiger partial charge in [-0.05, 0) is 38.6 Å². The third-order valence-corrected chi connectivity index (χ3v) is 2.73. The van der Waals surface area contributed by atoms with Gasteiger partial charge >= 0.3 is 0 Å². The van der Waals surface area contributed by atoms with E-state index in [9.17, 15) is 0 Å².